The smallest absolute Gasteiger partial charge is 0.164 e. The van der Waals surface area contributed by atoms with Crippen LogP contribution in [0.25, 0.3) is 21.6 Å². The Kier molecular flexibility index (Phi) is 5.49. The van der Waals surface area contributed by atoms with Crippen molar-refractivity contribution >= 4 is 27.4 Å². The van der Waals surface area contributed by atoms with Crippen molar-refractivity contribution in [2.75, 3.05) is 18.0 Å². The van der Waals surface area contributed by atoms with E-state index in [2.05, 4.69) is 25.6 Å². The molecule has 2 aliphatic heterocycles. The number of fused-ring (bicyclic) bond motifs is 4. The van der Waals surface area contributed by atoms with E-state index in [9.17, 15) is 0 Å². The minimum absolute atomic E-state index is 0.393. The van der Waals surface area contributed by atoms with Gasteiger partial charge in [-0.2, -0.15) is 0 Å². The fraction of sp³-hybridized carbons (Fsp3) is 0.519. The van der Waals surface area contributed by atoms with Gasteiger partial charge in [0.25, 0.3) is 0 Å². The molecule has 0 spiro atoms. The largest absolute Gasteiger partial charge is 0.355 e. The number of anilines is 1. The first kappa shape index (κ1) is 21.4. The standard InChI is InChI=1S/C27H31N7S/c1-2-12-22-31-32-25(34(22)15-5-1)19-9-7-14-33(17-19)26-23-20-10-3-4-11-21(20)35-27(23)30-24(29-26)18-8-6-13-28-16-18/h6,8,13,16,19H,1-5,7,9-12,14-15,17H2. The maximum Gasteiger partial charge on any atom is 0.164 e. The van der Waals surface area contributed by atoms with Crippen LogP contribution in [0, 0.1) is 0 Å². The molecule has 1 atom stereocenters. The van der Waals surface area contributed by atoms with Crippen LogP contribution >= 0.6 is 11.3 Å². The van der Waals surface area contributed by atoms with Crippen molar-refractivity contribution < 1.29 is 0 Å². The maximum atomic E-state index is 5.23. The second-order valence-corrected chi connectivity index (χ2v) is 11.3. The molecule has 7 rings (SSSR count). The highest BCUT2D eigenvalue weighted by Gasteiger charge is 2.31. The molecular formula is C27H31N7S. The number of hydrogen-bond donors (Lipinski definition) is 0. The van der Waals surface area contributed by atoms with Crippen LogP contribution in [-0.4, -0.2) is 42.8 Å². The van der Waals surface area contributed by atoms with Gasteiger partial charge in [-0.3, -0.25) is 4.98 Å². The first-order chi connectivity index (χ1) is 17.3. The molecule has 0 saturated carbocycles. The number of aromatic nitrogens is 6. The molecule has 6 heterocycles. The lowest BCUT2D eigenvalue weighted by atomic mass is 9.94. The summed E-state index contributed by atoms with van der Waals surface area (Å²) in [5, 5.41) is 10.6. The quantitative estimate of drug-likeness (QED) is 0.390. The molecule has 1 unspecified atom stereocenters. The Morgan fingerprint density at radius 2 is 1.86 bits per heavy atom. The monoisotopic (exact) mass is 485 g/mol. The SMILES string of the molecule is c1cncc(-c2nc(N3CCCC(c4nnc5n4CCCCC5)C3)c3c4c(sc3n2)CCCC4)c1. The minimum atomic E-state index is 0.393. The fourth-order valence-electron chi connectivity index (χ4n) is 6.18. The summed E-state index contributed by atoms with van der Waals surface area (Å²) in [5.74, 6) is 4.68. The predicted molar refractivity (Wildman–Crippen MR) is 139 cm³/mol. The average Bonchev–Trinajstić information content (AvgIpc) is 3.41. The molecule has 1 saturated heterocycles. The molecule has 1 aliphatic carbocycles. The molecule has 180 valence electrons. The van der Waals surface area contributed by atoms with E-state index in [1.54, 1.807) is 0 Å². The van der Waals surface area contributed by atoms with Gasteiger partial charge in [0.15, 0.2) is 5.82 Å². The molecule has 0 aromatic carbocycles. The molecule has 4 aromatic rings. The van der Waals surface area contributed by atoms with Crippen molar-refractivity contribution in [1.82, 2.24) is 29.7 Å². The van der Waals surface area contributed by atoms with Gasteiger partial charge in [0.2, 0.25) is 0 Å². The van der Waals surface area contributed by atoms with E-state index in [1.807, 2.05) is 29.8 Å². The molecule has 0 amide bonds. The molecule has 0 bridgehead atoms. The third-order valence-corrected chi connectivity index (χ3v) is 9.13. The van der Waals surface area contributed by atoms with Gasteiger partial charge in [0, 0.05) is 54.8 Å². The van der Waals surface area contributed by atoms with Crippen LogP contribution in [0.5, 0.6) is 0 Å². The first-order valence-electron chi connectivity index (χ1n) is 13.2. The fourth-order valence-corrected chi connectivity index (χ4v) is 7.44. The molecule has 35 heavy (non-hydrogen) atoms. The van der Waals surface area contributed by atoms with Gasteiger partial charge in [0.05, 0.1) is 5.39 Å². The zero-order chi connectivity index (χ0) is 23.2. The van der Waals surface area contributed by atoms with Crippen LogP contribution in [0.2, 0.25) is 0 Å². The van der Waals surface area contributed by atoms with Crippen LogP contribution in [0.15, 0.2) is 24.5 Å². The van der Waals surface area contributed by atoms with E-state index >= 15 is 0 Å². The molecule has 1 fully saturated rings. The van der Waals surface area contributed by atoms with Crippen molar-refractivity contribution in [1.29, 1.82) is 0 Å². The Balaban J connectivity index is 1.31. The molecule has 0 radical (unpaired) electrons. The summed E-state index contributed by atoms with van der Waals surface area (Å²) in [6.07, 6.45) is 15.7. The van der Waals surface area contributed by atoms with Crippen molar-refractivity contribution in [3.63, 3.8) is 0 Å². The van der Waals surface area contributed by atoms with E-state index in [1.165, 1.54) is 72.4 Å². The van der Waals surface area contributed by atoms with Crippen LogP contribution in [-0.2, 0) is 25.8 Å². The van der Waals surface area contributed by atoms with Crippen molar-refractivity contribution in [2.24, 2.45) is 0 Å². The van der Waals surface area contributed by atoms with E-state index in [0.29, 0.717) is 5.92 Å². The van der Waals surface area contributed by atoms with E-state index < -0.39 is 0 Å². The molecule has 4 aromatic heterocycles. The van der Waals surface area contributed by atoms with Gasteiger partial charge in [0.1, 0.15) is 22.3 Å². The first-order valence-corrected chi connectivity index (χ1v) is 14.1. The molecule has 0 N–H and O–H groups in total. The predicted octanol–water partition coefficient (Wildman–Crippen LogP) is 5.33. The second kappa shape index (κ2) is 8.97. The average molecular weight is 486 g/mol. The van der Waals surface area contributed by atoms with Gasteiger partial charge in [-0.05, 0) is 69.1 Å². The van der Waals surface area contributed by atoms with E-state index in [4.69, 9.17) is 15.1 Å². The van der Waals surface area contributed by atoms with Crippen molar-refractivity contribution in [3.8, 4) is 11.4 Å². The van der Waals surface area contributed by atoms with Crippen LogP contribution in [0.3, 0.4) is 0 Å². The molecule has 8 heteroatoms. The topological polar surface area (TPSA) is 72.6 Å². The summed E-state index contributed by atoms with van der Waals surface area (Å²) >= 11 is 1.88. The van der Waals surface area contributed by atoms with Gasteiger partial charge in [-0.25, -0.2) is 9.97 Å². The number of thiophene rings is 1. The highest BCUT2D eigenvalue weighted by molar-refractivity contribution is 7.19. The second-order valence-electron chi connectivity index (χ2n) is 10.2. The number of aryl methyl sites for hydroxylation is 3. The zero-order valence-electron chi connectivity index (χ0n) is 20.1. The Morgan fingerprint density at radius 1 is 0.914 bits per heavy atom. The zero-order valence-corrected chi connectivity index (χ0v) is 20.9. The van der Waals surface area contributed by atoms with Crippen LogP contribution in [0.1, 0.15) is 73.0 Å². The number of nitrogens with zero attached hydrogens (tertiary/aromatic N) is 7. The minimum Gasteiger partial charge on any atom is -0.355 e. The third kappa shape index (κ3) is 3.82. The molecule has 7 nitrogen and oxygen atoms in total. The number of rotatable bonds is 3. The van der Waals surface area contributed by atoms with Gasteiger partial charge >= 0.3 is 0 Å². The Bertz CT molecular complexity index is 1360. The maximum absolute atomic E-state index is 5.23. The number of pyridine rings is 1. The van der Waals surface area contributed by atoms with Crippen molar-refractivity contribution in [3.05, 3.63) is 46.6 Å². The van der Waals surface area contributed by atoms with Crippen molar-refractivity contribution in [2.45, 2.75) is 76.7 Å². The lowest BCUT2D eigenvalue weighted by Crippen LogP contribution is -2.36. The number of hydrogen-bond acceptors (Lipinski definition) is 7. The van der Waals surface area contributed by atoms with Crippen LogP contribution < -0.4 is 4.90 Å². The summed E-state index contributed by atoms with van der Waals surface area (Å²) in [6, 6.07) is 4.03. The molecule has 3 aliphatic rings. The van der Waals surface area contributed by atoms with Gasteiger partial charge < -0.3 is 9.47 Å². The van der Waals surface area contributed by atoms with E-state index in [-0.39, 0.29) is 0 Å². The third-order valence-electron chi connectivity index (χ3n) is 7.94. The highest BCUT2D eigenvalue weighted by atomic mass is 32.1. The normalized spacial score (nSPS) is 20.5. The van der Waals surface area contributed by atoms with Gasteiger partial charge in [-0.1, -0.05) is 6.42 Å². The Hall–Kier alpha value is -2.87. The van der Waals surface area contributed by atoms with Crippen LogP contribution in [0.4, 0.5) is 5.82 Å². The Morgan fingerprint density at radius 3 is 2.80 bits per heavy atom. The summed E-state index contributed by atoms with van der Waals surface area (Å²) in [4.78, 5) is 19.8. The summed E-state index contributed by atoms with van der Waals surface area (Å²) in [6.45, 7) is 3.04. The van der Waals surface area contributed by atoms with E-state index in [0.717, 1.165) is 60.9 Å². The summed E-state index contributed by atoms with van der Waals surface area (Å²) in [7, 11) is 0. The lowest BCUT2D eigenvalue weighted by molar-refractivity contribution is 0.464. The number of piperidine rings is 1. The highest BCUT2D eigenvalue weighted by Crippen LogP contribution is 2.42. The lowest BCUT2D eigenvalue weighted by Gasteiger charge is -2.34. The summed E-state index contributed by atoms with van der Waals surface area (Å²) in [5.41, 5.74) is 2.49. The van der Waals surface area contributed by atoms with Gasteiger partial charge in [-0.15, -0.1) is 21.5 Å². The molecular weight excluding hydrogens is 454 g/mol. The Labute approximate surface area is 209 Å². The summed E-state index contributed by atoms with van der Waals surface area (Å²) < 4.78 is 2.43.